The zero-order valence-electron chi connectivity index (χ0n) is 12.7. The number of likely N-dealkylation sites (tertiary alicyclic amines) is 1. The molecular weight excluding hydrogens is 256 g/mol. The van der Waals surface area contributed by atoms with Crippen LogP contribution in [0.5, 0.6) is 0 Å². The Morgan fingerprint density at radius 3 is 2.21 bits per heavy atom. The van der Waals surface area contributed by atoms with Crippen LogP contribution >= 0.6 is 11.6 Å². The van der Waals surface area contributed by atoms with E-state index < -0.39 is 0 Å². The summed E-state index contributed by atoms with van der Waals surface area (Å²) in [4.78, 5) is 4.88. The molecule has 0 unspecified atom stereocenters. The van der Waals surface area contributed by atoms with Gasteiger partial charge in [-0.15, -0.1) is 0 Å². The van der Waals surface area contributed by atoms with Crippen molar-refractivity contribution in [3.05, 3.63) is 34.9 Å². The van der Waals surface area contributed by atoms with Crippen molar-refractivity contribution in [2.75, 3.05) is 27.2 Å². The predicted molar refractivity (Wildman–Crippen MR) is 84.8 cm³/mol. The maximum absolute atomic E-state index is 5.89. The van der Waals surface area contributed by atoms with Gasteiger partial charge in [-0.3, -0.25) is 4.90 Å². The normalized spacial score (nSPS) is 17.2. The van der Waals surface area contributed by atoms with E-state index in [0.29, 0.717) is 0 Å². The molecule has 1 aromatic carbocycles. The molecule has 2 nitrogen and oxygen atoms in total. The lowest BCUT2D eigenvalue weighted by Crippen LogP contribution is -2.41. The van der Waals surface area contributed by atoms with Crippen molar-refractivity contribution < 1.29 is 0 Å². The fourth-order valence-corrected chi connectivity index (χ4v) is 2.57. The molecule has 0 spiro atoms. The highest BCUT2D eigenvalue weighted by atomic mass is 35.5. The summed E-state index contributed by atoms with van der Waals surface area (Å²) in [6.45, 7) is 7.46. The van der Waals surface area contributed by atoms with Gasteiger partial charge in [-0.1, -0.05) is 37.6 Å². The summed E-state index contributed by atoms with van der Waals surface area (Å²) in [6, 6.07) is 8.90. The van der Waals surface area contributed by atoms with Crippen molar-refractivity contribution in [3.8, 4) is 0 Å². The third-order valence-electron chi connectivity index (χ3n) is 3.66. The van der Waals surface area contributed by atoms with Crippen molar-refractivity contribution in [1.82, 2.24) is 9.80 Å². The molecule has 2 rings (SSSR count). The van der Waals surface area contributed by atoms with Crippen LogP contribution in [0, 0.1) is 0 Å². The summed E-state index contributed by atoms with van der Waals surface area (Å²) < 4.78 is 0. The van der Waals surface area contributed by atoms with Gasteiger partial charge in [-0.25, -0.2) is 0 Å². The Labute approximate surface area is 123 Å². The molecule has 1 saturated heterocycles. The summed E-state index contributed by atoms with van der Waals surface area (Å²) in [7, 11) is 4.43. The molecule has 0 bridgehead atoms. The average molecular weight is 283 g/mol. The number of hydrogen-bond acceptors (Lipinski definition) is 2. The van der Waals surface area contributed by atoms with Gasteiger partial charge in [0.05, 0.1) is 0 Å². The molecule has 1 aliphatic heterocycles. The van der Waals surface area contributed by atoms with E-state index in [1.54, 1.807) is 0 Å². The van der Waals surface area contributed by atoms with E-state index in [4.69, 9.17) is 11.6 Å². The standard InChI is InChI=1S/C14H21ClN2.C2H6/c1-16-9-7-14(8-10-16)17(2)11-12-3-5-13(15)6-4-12;1-2/h3-6,14H,7-11H2,1-2H3;1-2H3. The highest BCUT2D eigenvalue weighted by molar-refractivity contribution is 6.30. The highest BCUT2D eigenvalue weighted by Gasteiger charge is 2.20. The molecule has 1 aliphatic rings. The zero-order chi connectivity index (χ0) is 14.3. The Morgan fingerprint density at radius 2 is 1.68 bits per heavy atom. The van der Waals surface area contributed by atoms with Crippen LogP contribution in [0.3, 0.4) is 0 Å². The van der Waals surface area contributed by atoms with E-state index in [1.165, 1.54) is 31.5 Å². The molecule has 0 radical (unpaired) electrons. The second-order valence-corrected chi connectivity index (χ2v) is 5.51. The number of rotatable bonds is 3. The molecule has 0 aromatic heterocycles. The van der Waals surface area contributed by atoms with Gasteiger partial charge in [-0.05, 0) is 57.7 Å². The first-order valence-electron chi connectivity index (χ1n) is 7.28. The van der Waals surface area contributed by atoms with Gasteiger partial charge in [0.1, 0.15) is 0 Å². The molecule has 0 aliphatic carbocycles. The van der Waals surface area contributed by atoms with E-state index in [0.717, 1.165) is 17.6 Å². The lowest BCUT2D eigenvalue weighted by molar-refractivity contribution is 0.139. The van der Waals surface area contributed by atoms with Crippen LogP contribution in [0.25, 0.3) is 0 Å². The largest absolute Gasteiger partial charge is 0.306 e. The lowest BCUT2D eigenvalue weighted by atomic mass is 10.0. The minimum absolute atomic E-state index is 0.724. The predicted octanol–water partition coefficient (Wildman–Crippen LogP) is 3.89. The van der Waals surface area contributed by atoms with Gasteiger partial charge < -0.3 is 4.90 Å². The highest BCUT2D eigenvalue weighted by Crippen LogP contribution is 2.17. The Hall–Kier alpha value is -0.570. The molecule has 108 valence electrons. The molecule has 1 fully saturated rings. The molecule has 0 saturated carbocycles. The van der Waals surface area contributed by atoms with Gasteiger partial charge in [0.25, 0.3) is 0 Å². The van der Waals surface area contributed by atoms with Crippen molar-refractivity contribution >= 4 is 11.6 Å². The van der Waals surface area contributed by atoms with E-state index in [-0.39, 0.29) is 0 Å². The minimum atomic E-state index is 0.724. The Balaban J connectivity index is 0.000000861. The Morgan fingerprint density at radius 1 is 1.16 bits per heavy atom. The van der Waals surface area contributed by atoms with Crippen LogP contribution in [-0.4, -0.2) is 43.0 Å². The molecule has 1 aromatic rings. The first kappa shape index (κ1) is 16.5. The van der Waals surface area contributed by atoms with E-state index in [9.17, 15) is 0 Å². The Kier molecular flexibility index (Phi) is 7.44. The van der Waals surface area contributed by atoms with Gasteiger partial charge in [-0.2, -0.15) is 0 Å². The van der Waals surface area contributed by atoms with Crippen molar-refractivity contribution in [3.63, 3.8) is 0 Å². The van der Waals surface area contributed by atoms with E-state index in [2.05, 4.69) is 36.0 Å². The molecule has 19 heavy (non-hydrogen) atoms. The van der Waals surface area contributed by atoms with Crippen molar-refractivity contribution in [2.45, 2.75) is 39.3 Å². The summed E-state index contributed by atoms with van der Waals surface area (Å²) >= 11 is 5.89. The molecule has 3 heteroatoms. The summed E-state index contributed by atoms with van der Waals surface area (Å²) in [5, 5.41) is 0.815. The van der Waals surface area contributed by atoms with Crippen LogP contribution < -0.4 is 0 Å². The van der Waals surface area contributed by atoms with Crippen LogP contribution in [0.1, 0.15) is 32.3 Å². The van der Waals surface area contributed by atoms with Gasteiger partial charge >= 0.3 is 0 Å². The monoisotopic (exact) mass is 282 g/mol. The fraction of sp³-hybridized carbons (Fsp3) is 0.625. The molecule has 1 heterocycles. The van der Waals surface area contributed by atoms with Gasteiger partial charge in [0.15, 0.2) is 0 Å². The van der Waals surface area contributed by atoms with E-state index in [1.807, 2.05) is 26.0 Å². The summed E-state index contributed by atoms with van der Waals surface area (Å²) in [6.07, 6.45) is 2.56. The quantitative estimate of drug-likeness (QED) is 0.830. The second kappa shape index (κ2) is 8.57. The second-order valence-electron chi connectivity index (χ2n) is 5.08. The van der Waals surface area contributed by atoms with Crippen molar-refractivity contribution in [1.29, 1.82) is 0 Å². The van der Waals surface area contributed by atoms with Gasteiger partial charge in [0.2, 0.25) is 0 Å². The number of benzene rings is 1. The van der Waals surface area contributed by atoms with E-state index >= 15 is 0 Å². The minimum Gasteiger partial charge on any atom is -0.306 e. The number of hydrogen-bond donors (Lipinski definition) is 0. The first-order valence-corrected chi connectivity index (χ1v) is 7.66. The van der Waals surface area contributed by atoms with Crippen LogP contribution in [0.2, 0.25) is 5.02 Å². The lowest BCUT2D eigenvalue weighted by Gasteiger charge is -2.35. The maximum Gasteiger partial charge on any atom is 0.0406 e. The molecule has 0 amide bonds. The third kappa shape index (κ3) is 5.52. The molecular formula is C16H27ClN2. The molecule has 0 N–H and O–H groups in total. The number of halogens is 1. The smallest absolute Gasteiger partial charge is 0.0406 e. The third-order valence-corrected chi connectivity index (χ3v) is 3.91. The van der Waals surface area contributed by atoms with Crippen LogP contribution in [-0.2, 0) is 6.54 Å². The number of piperidine rings is 1. The molecule has 0 atom stereocenters. The van der Waals surface area contributed by atoms with Crippen molar-refractivity contribution in [2.24, 2.45) is 0 Å². The SMILES string of the molecule is CC.CN1CCC(N(C)Cc2ccc(Cl)cc2)CC1. The zero-order valence-corrected chi connectivity index (χ0v) is 13.5. The summed E-state index contributed by atoms with van der Waals surface area (Å²) in [5.41, 5.74) is 1.34. The Bertz CT molecular complexity index is 342. The maximum atomic E-state index is 5.89. The van der Waals surface area contributed by atoms with Crippen LogP contribution in [0.15, 0.2) is 24.3 Å². The fourth-order valence-electron chi connectivity index (χ4n) is 2.44. The first-order chi connectivity index (χ1) is 9.15. The number of nitrogens with zero attached hydrogens (tertiary/aromatic N) is 2. The topological polar surface area (TPSA) is 6.48 Å². The summed E-state index contributed by atoms with van der Waals surface area (Å²) in [5.74, 6) is 0. The van der Waals surface area contributed by atoms with Crippen LogP contribution in [0.4, 0.5) is 0 Å². The van der Waals surface area contributed by atoms with Gasteiger partial charge in [0, 0.05) is 17.6 Å². The average Bonchev–Trinajstić information content (AvgIpc) is 2.44.